The van der Waals surface area contributed by atoms with Crippen molar-refractivity contribution in [2.45, 2.75) is 20.4 Å². The number of para-hydroxylation sites is 1. The number of carbonyl (C=O) groups excluding carboxylic acids is 1. The van der Waals surface area contributed by atoms with Crippen LogP contribution in [0.4, 0.5) is 0 Å². The van der Waals surface area contributed by atoms with Crippen LogP contribution in [0.2, 0.25) is 5.02 Å². The van der Waals surface area contributed by atoms with E-state index in [0.717, 1.165) is 11.3 Å². The molecule has 2 aromatic heterocycles. The Balaban J connectivity index is 1.75. The largest absolute Gasteiger partial charge is 0.283 e. The lowest BCUT2D eigenvalue weighted by molar-refractivity contribution is 0.0947. The van der Waals surface area contributed by atoms with Gasteiger partial charge in [0.15, 0.2) is 0 Å². The maximum absolute atomic E-state index is 13.1. The minimum absolute atomic E-state index is 0.237. The van der Waals surface area contributed by atoms with Gasteiger partial charge in [0.1, 0.15) is 5.52 Å². The zero-order valence-electron chi connectivity index (χ0n) is 14.3. The first-order valence-corrected chi connectivity index (χ1v) is 8.56. The van der Waals surface area contributed by atoms with Crippen LogP contribution < -0.4 is 0 Å². The Kier molecular flexibility index (Phi) is 4.05. The van der Waals surface area contributed by atoms with E-state index in [9.17, 15) is 4.79 Å². The summed E-state index contributed by atoms with van der Waals surface area (Å²) in [4.78, 5) is 13.1. The highest BCUT2D eigenvalue weighted by atomic mass is 35.5. The van der Waals surface area contributed by atoms with Crippen LogP contribution >= 0.6 is 11.6 Å². The highest BCUT2D eigenvalue weighted by molar-refractivity contribution is 6.31. The van der Waals surface area contributed by atoms with E-state index in [1.807, 2.05) is 62.4 Å². The molecule has 0 aliphatic rings. The molecule has 4 aromatic rings. The number of hydrogen-bond donors (Lipinski definition) is 0. The van der Waals surface area contributed by atoms with Gasteiger partial charge in [-0.2, -0.15) is 9.78 Å². The second-order valence-corrected chi connectivity index (χ2v) is 6.50. The zero-order valence-corrected chi connectivity index (χ0v) is 15.1. The Morgan fingerprint density at radius 2 is 1.81 bits per heavy atom. The normalized spacial score (nSPS) is 11.2. The Labute approximate surface area is 155 Å². The number of halogens is 1. The fraction of sp³-hybridized carbons (Fsp3) is 0.158. The van der Waals surface area contributed by atoms with Crippen molar-refractivity contribution in [2.75, 3.05) is 0 Å². The summed E-state index contributed by atoms with van der Waals surface area (Å²) in [6.07, 6.45) is 0. The van der Waals surface area contributed by atoms with Gasteiger partial charge in [0.25, 0.3) is 5.91 Å². The van der Waals surface area contributed by atoms with E-state index in [1.54, 1.807) is 4.68 Å². The highest BCUT2D eigenvalue weighted by Gasteiger charge is 2.23. The smallest absolute Gasteiger partial charge is 0.267 e. The molecule has 7 heteroatoms. The Morgan fingerprint density at radius 1 is 1.08 bits per heavy atom. The number of hydrogen-bond acceptors (Lipinski definition) is 4. The molecular weight excluding hydrogens is 350 g/mol. The van der Waals surface area contributed by atoms with Gasteiger partial charge in [-0.3, -0.25) is 9.48 Å². The second kappa shape index (κ2) is 6.38. The Hall–Kier alpha value is -2.99. The molecule has 2 heterocycles. The van der Waals surface area contributed by atoms with Crippen molar-refractivity contribution in [3.8, 4) is 0 Å². The molecule has 0 bridgehead atoms. The maximum atomic E-state index is 13.1. The minimum atomic E-state index is -0.237. The van der Waals surface area contributed by atoms with Crippen LogP contribution in [0.15, 0.2) is 48.5 Å². The number of rotatable bonds is 3. The van der Waals surface area contributed by atoms with Crippen molar-refractivity contribution in [2.24, 2.45) is 0 Å². The summed E-state index contributed by atoms with van der Waals surface area (Å²) in [5.74, 6) is -0.237. The van der Waals surface area contributed by atoms with Gasteiger partial charge in [-0.25, -0.2) is 0 Å². The average Bonchev–Trinajstić information content (AvgIpc) is 3.18. The van der Waals surface area contributed by atoms with Crippen LogP contribution in [-0.2, 0) is 6.54 Å². The van der Waals surface area contributed by atoms with E-state index in [4.69, 9.17) is 11.6 Å². The van der Waals surface area contributed by atoms with Gasteiger partial charge in [0.05, 0.1) is 23.3 Å². The molecule has 130 valence electrons. The molecule has 6 nitrogen and oxygen atoms in total. The lowest BCUT2D eigenvalue weighted by atomic mass is 10.1. The predicted molar refractivity (Wildman–Crippen MR) is 99.5 cm³/mol. The van der Waals surface area contributed by atoms with Crippen LogP contribution in [-0.4, -0.2) is 30.7 Å². The number of aromatic nitrogens is 5. The third-order valence-electron chi connectivity index (χ3n) is 4.42. The maximum Gasteiger partial charge on any atom is 0.283 e. The topological polar surface area (TPSA) is 65.6 Å². The monoisotopic (exact) mass is 365 g/mol. The van der Waals surface area contributed by atoms with Crippen molar-refractivity contribution < 1.29 is 4.79 Å². The quantitative estimate of drug-likeness (QED) is 0.556. The molecule has 0 spiro atoms. The standard InChI is InChI=1S/C19H16ClN5O/c1-12-18(19(26)25-17-10-6-5-9-16(17)21-23-25)13(2)24(22-12)11-14-7-3-4-8-15(14)20/h3-10H,11H2,1-2H3. The lowest BCUT2D eigenvalue weighted by Gasteiger charge is -2.07. The van der Waals surface area contributed by atoms with Crippen LogP contribution in [0.5, 0.6) is 0 Å². The van der Waals surface area contributed by atoms with Gasteiger partial charge >= 0.3 is 0 Å². The molecule has 0 fully saturated rings. The van der Waals surface area contributed by atoms with E-state index in [0.29, 0.717) is 33.9 Å². The minimum Gasteiger partial charge on any atom is -0.267 e. The van der Waals surface area contributed by atoms with Gasteiger partial charge in [0, 0.05) is 10.7 Å². The number of carbonyl (C=O) groups is 1. The van der Waals surface area contributed by atoms with Crippen LogP contribution in [0.3, 0.4) is 0 Å². The summed E-state index contributed by atoms with van der Waals surface area (Å²) in [6, 6.07) is 15.0. The summed E-state index contributed by atoms with van der Waals surface area (Å²) in [7, 11) is 0. The molecule has 0 N–H and O–H groups in total. The van der Waals surface area contributed by atoms with Crippen molar-refractivity contribution in [3.63, 3.8) is 0 Å². The van der Waals surface area contributed by atoms with E-state index < -0.39 is 0 Å². The summed E-state index contributed by atoms with van der Waals surface area (Å²) < 4.78 is 3.12. The molecule has 0 aliphatic heterocycles. The molecule has 2 aromatic carbocycles. The summed E-state index contributed by atoms with van der Waals surface area (Å²) in [5, 5.41) is 13.3. The molecule has 0 unspecified atom stereocenters. The van der Waals surface area contributed by atoms with E-state index in [2.05, 4.69) is 15.4 Å². The van der Waals surface area contributed by atoms with E-state index in [-0.39, 0.29) is 5.91 Å². The van der Waals surface area contributed by atoms with Crippen molar-refractivity contribution in [3.05, 3.63) is 76.1 Å². The van der Waals surface area contributed by atoms with E-state index >= 15 is 0 Å². The van der Waals surface area contributed by atoms with E-state index in [1.165, 1.54) is 4.68 Å². The molecule has 0 radical (unpaired) electrons. The number of benzene rings is 2. The lowest BCUT2D eigenvalue weighted by Crippen LogP contribution is -2.16. The molecule has 0 aliphatic carbocycles. The fourth-order valence-corrected chi connectivity index (χ4v) is 3.27. The summed E-state index contributed by atoms with van der Waals surface area (Å²) in [5.41, 5.74) is 4.26. The Morgan fingerprint density at radius 3 is 2.62 bits per heavy atom. The predicted octanol–water partition coefficient (Wildman–Crippen LogP) is 3.63. The number of aryl methyl sites for hydroxylation is 1. The Bertz CT molecular complexity index is 1130. The van der Waals surface area contributed by atoms with Gasteiger partial charge in [-0.1, -0.05) is 47.1 Å². The van der Waals surface area contributed by atoms with Gasteiger partial charge in [-0.05, 0) is 37.6 Å². The van der Waals surface area contributed by atoms with Gasteiger partial charge < -0.3 is 0 Å². The first-order chi connectivity index (χ1) is 12.6. The third-order valence-corrected chi connectivity index (χ3v) is 4.79. The molecule has 4 rings (SSSR count). The molecular formula is C19H16ClN5O. The van der Waals surface area contributed by atoms with Crippen molar-refractivity contribution >= 4 is 28.5 Å². The average molecular weight is 366 g/mol. The van der Waals surface area contributed by atoms with Gasteiger partial charge in [0.2, 0.25) is 0 Å². The summed E-state index contributed by atoms with van der Waals surface area (Å²) >= 11 is 6.25. The first-order valence-electron chi connectivity index (χ1n) is 8.19. The number of fused-ring (bicyclic) bond motifs is 1. The van der Waals surface area contributed by atoms with Gasteiger partial charge in [-0.15, -0.1) is 5.10 Å². The summed E-state index contributed by atoms with van der Waals surface area (Å²) in [6.45, 7) is 4.20. The molecule has 0 saturated carbocycles. The molecule has 0 atom stereocenters. The SMILES string of the molecule is Cc1nn(Cc2ccccc2Cl)c(C)c1C(=O)n1nnc2ccccc21. The number of nitrogens with zero attached hydrogens (tertiary/aromatic N) is 5. The zero-order chi connectivity index (χ0) is 18.3. The van der Waals surface area contributed by atoms with Crippen molar-refractivity contribution in [1.29, 1.82) is 0 Å². The molecule has 0 amide bonds. The van der Waals surface area contributed by atoms with Crippen LogP contribution in [0.25, 0.3) is 11.0 Å². The fourth-order valence-electron chi connectivity index (χ4n) is 3.07. The molecule has 0 saturated heterocycles. The first kappa shape index (κ1) is 16.5. The second-order valence-electron chi connectivity index (χ2n) is 6.09. The molecule has 26 heavy (non-hydrogen) atoms. The highest BCUT2D eigenvalue weighted by Crippen LogP contribution is 2.21. The van der Waals surface area contributed by atoms with Crippen LogP contribution in [0.1, 0.15) is 27.3 Å². The third kappa shape index (κ3) is 2.68. The van der Waals surface area contributed by atoms with Crippen LogP contribution in [0, 0.1) is 13.8 Å². The van der Waals surface area contributed by atoms with Crippen molar-refractivity contribution in [1.82, 2.24) is 24.8 Å².